The number of carbonyl (C=O) groups excluding carboxylic acids is 1. The second kappa shape index (κ2) is 6.40. The molecule has 0 amide bonds. The van der Waals surface area contributed by atoms with Crippen LogP contribution in [0.3, 0.4) is 0 Å². The Bertz CT molecular complexity index is 470. The molecule has 1 fully saturated rings. The van der Waals surface area contributed by atoms with Crippen LogP contribution in [0.15, 0.2) is 18.2 Å². The molecule has 20 heavy (non-hydrogen) atoms. The number of carbonyl (C=O) groups is 1. The van der Waals surface area contributed by atoms with Gasteiger partial charge in [-0.1, -0.05) is 25.0 Å². The number of methoxy groups -OCH3 is 1. The highest BCUT2D eigenvalue weighted by atomic mass is 16.5. The van der Waals surface area contributed by atoms with Gasteiger partial charge in [-0.2, -0.15) is 0 Å². The predicted molar refractivity (Wildman–Crippen MR) is 81.5 cm³/mol. The maximum absolute atomic E-state index is 13.1. The Hall–Kier alpha value is -1.35. The zero-order chi connectivity index (χ0) is 14.6. The quantitative estimate of drug-likeness (QED) is 0.837. The van der Waals surface area contributed by atoms with Crippen molar-refractivity contribution in [3.05, 3.63) is 29.3 Å². The smallest absolute Gasteiger partial charge is 0.174 e. The highest BCUT2D eigenvalue weighted by molar-refractivity contribution is 6.03. The lowest BCUT2D eigenvalue weighted by Crippen LogP contribution is -2.45. The molecule has 0 aliphatic carbocycles. The molecule has 1 saturated heterocycles. The van der Waals surface area contributed by atoms with E-state index in [0.717, 1.165) is 49.9 Å². The fourth-order valence-electron chi connectivity index (χ4n) is 3.25. The molecule has 1 aromatic carbocycles. The van der Waals surface area contributed by atoms with Crippen LogP contribution in [-0.2, 0) is 0 Å². The molecule has 0 aromatic heterocycles. The molecule has 1 atom stereocenters. The van der Waals surface area contributed by atoms with Gasteiger partial charge in [0, 0.05) is 12.0 Å². The molecule has 1 aromatic rings. The Morgan fingerprint density at radius 2 is 2.25 bits per heavy atom. The van der Waals surface area contributed by atoms with Gasteiger partial charge in [0.25, 0.3) is 0 Å². The van der Waals surface area contributed by atoms with Crippen molar-refractivity contribution in [1.82, 2.24) is 5.32 Å². The van der Waals surface area contributed by atoms with Crippen LogP contribution >= 0.6 is 0 Å². The maximum Gasteiger partial charge on any atom is 0.174 e. The summed E-state index contributed by atoms with van der Waals surface area (Å²) in [5.41, 5.74) is 1.59. The number of rotatable bonds is 5. The molecule has 3 nitrogen and oxygen atoms in total. The minimum Gasteiger partial charge on any atom is -0.496 e. The summed E-state index contributed by atoms with van der Waals surface area (Å²) in [5, 5.41) is 3.40. The molecule has 1 aliphatic heterocycles. The molecule has 2 rings (SSSR count). The third-order valence-electron chi connectivity index (χ3n) is 4.28. The van der Waals surface area contributed by atoms with Gasteiger partial charge in [-0.3, -0.25) is 4.79 Å². The van der Waals surface area contributed by atoms with Crippen molar-refractivity contribution in [1.29, 1.82) is 0 Å². The van der Waals surface area contributed by atoms with Gasteiger partial charge < -0.3 is 10.1 Å². The maximum atomic E-state index is 13.1. The van der Waals surface area contributed by atoms with Gasteiger partial charge in [-0.05, 0) is 44.9 Å². The first-order valence-electron chi connectivity index (χ1n) is 7.53. The van der Waals surface area contributed by atoms with Crippen LogP contribution < -0.4 is 10.1 Å². The van der Waals surface area contributed by atoms with E-state index >= 15 is 0 Å². The zero-order valence-corrected chi connectivity index (χ0v) is 12.8. The van der Waals surface area contributed by atoms with Crippen LogP contribution in [-0.4, -0.2) is 26.0 Å². The lowest BCUT2D eigenvalue weighted by Gasteiger charge is -2.36. The van der Waals surface area contributed by atoms with Crippen molar-refractivity contribution >= 4 is 5.78 Å². The predicted octanol–water partition coefficient (Wildman–Crippen LogP) is 3.36. The fourth-order valence-corrected chi connectivity index (χ4v) is 3.25. The minimum atomic E-state index is -0.256. The molecule has 0 spiro atoms. The van der Waals surface area contributed by atoms with Gasteiger partial charge in [0.05, 0.1) is 12.7 Å². The van der Waals surface area contributed by atoms with Crippen LogP contribution in [0.25, 0.3) is 0 Å². The van der Waals surface area contributed by atoms with E-state index in [0.29, 0.717) is 5.75 Å². The van der Waals surface area contributed by atoms with Crippen molar-refractivity contribution in [3.8, 4) is 5.75 Å². The van der Waals surface area contributed by atoms with Crippen LogP contribution in [0.1, 0.15) is 48.5 Å². The summed E-state index contributed by atoms with van der Waals surface area (Å²) >= 11 is 0. The van der Waals surface area contributed by atoms with E-state index in [1.54, 1.807) is 7.11 Å². The summed E-state index contributed by atoms with van der Waals surface area (Å²) in [5.74, 6) is 0.939. The summed E-state index contributed by atoms with van der Waals surface area (Å²) < 4.78 is 5.39. The van der Waals surface area contributed by atoms with E-state index in [-0.39, 0.29) is 11.2 Å². The van der Waals surface area contributed by atoms with Crippen LogP contribution in [0.4, 0.5) is 0 Å². The Morgan fingerprint density at radius 1 is 1.45 bits per heavy atom. The molecule has 3 heteroatoms. The summed E-state index contributed by atoms with van der Waals surface area (Å²) in [6.07, 6.45) is 4.02. The number of hydrogen-bond donors (Lipinski definition) is 1. The van der Waals surface area contributed by atoms with Gasteiger partial charge in [0.2, 0.25) is 0 Å². The number of Topliss-reactive ketones (excluding diaryl/α,β-unsaturated/α-hetero) is 1. The van der Waals surface area contributed by atoms with E-state index in [9.17, 15) is 4.79 Å². The van der Waals surface area contributed by atoms with Crippen molar-refractivity contribution in [2.75, 3.05) is 20.2 Å². The largest absolute Gasteiger partial charge is 0.496 e. The minimum absolute atomic E-state index is 0.243. The normalized spacial score (nSPS) is 22.6. The molecular weight excluding hydrogens is 250 g/mol. The molecule has 0 bridgehead atoms. The standard InChI is InChI=1S/C17H25NO2/c1-4-8-17(9-5-10-18-12-17)16(19)14-11-13(2)6-7-15(14)20-3/h6-7,11,18H,4-5,8-10,12H2,1-3H3. The van der Waals surface area contributed by atoms with Crippen LogP contribution in [0.2, 0.25) is 0 Å². The highest BCUT2D eigenvalue weighted by Gasteiger charge is 2.40. The number of aryl methyl sites for hydroxylation is 1. The highest BCUT2D eigenvalue weighted by Crippen LogP contribution is 2.37. The SMILES string of the molecule is CCCC1(C(=O)c2cc(C)ccc2OC)CCCNC1. The third kappa shape index (κ3) is 2.88. The lowest BCUT2D eigenvalue weighted by molar-refractivity contribution is 0.0714. The van der Waals surface area contributed by atoms with Crippen molar-refractivity contribution in [3.63, 3.8) is 0 Å². The molecule has 0 saturated carbocycles. The molecule has 110 valence electrons. The summed E-state index contributed by atoms with van der Waals surface area (Å²) in [7, 11) is 1.63. The van der Waals surface area contributed by atoms with E-state index in [4.69, 9.17) is 4.74 Å². The number of benzene rings is 1. The topological polar surface area (TPSA) is 38.3 Å². The Kier molecular flexibility index (Phi) is 4.81. The van der Waals surface area contributed by atoms with E-state index in [1.165, 1.54) is 0 Å². The first-order valence-corrected chi connectivity index (χ1v) is 7.53. The van der Waals surface area contributed by atoms with Gasteiger partial charge in [-0.15, -0.1) is 0 Å². The van der Waals surface area contributed by atoms with Crippen molar-refractivity contribution in [2.24, 2.45) is 5.41 Å². The third-order valence-corrected chi connectivity index (χ3v) is 4.28. The average molecular weight is 275 g/mol. The van der Waals surface area contributed by atoms with Crippen LogP contribution in [0, 0.1) is 12.3 Å². The van der Waals surface area contributed by atoms with E-state index in [1.807, 2.05) is 25.1 Å². The molecule has 1 aliphatic rings. The van der Waals surface area contributed by atoms with E-state index in [2.05, 4.69) is 12.2 Å². The van der Waals surface area contributed by atoms with E-state index < -0.39 is 0 Å². The first-order chi connectivity index (χ1) is 9.63. The lowest BCUT2D eigenvalue weighted by atomic mass is 9.71. The van der Waals surface area contributed by atoms with Gasteiger partial charge in [0.15, 0.2) is 5.78 Å². The first kappa shape index (κ1) is 15.0. The Labute approximate surface area is 121 Å². The second-order valence-corrected chi connectivity index (χ2v) is 5.84. The summed E-state index contributed by atoms with van der Waals surface area (Å²) in [6, 6.07) is 5.85. The zero-order valence-electron chi connectivity index (χ0n) is 12.8. The molecular formula is C17H25NO2. The van der Waals surface area contributed by atoms with Gasteiger partial charge in [0.1, 0.15) is 5.75 Å². The summed E-state index contributed by atoms with van der Waals surface area (Å²) in [6.45, 7) is 5.97. The Balaban J connectivity index is 2.39. The number of nitrogens with one attached hydrogen (secondary N) is 1. The number of ether oxygens (including phenoxy) is 1. The van der Waals surface area contributed by atoms with Crippen molar-refractivity contribution < 1.29 is 9.53 Å². The fraction of sp³-hybridized carbons (Fsp3) is 0.588. The second-order valence-electron chi connectivity index (χ2n) is 5.84. The molecule has 1 unspecified atom stereocenters. The number of hydrogen-bond acceptors (Lipinski definition) is 3. The summed E-state index contributed by atoms with van der Waals surface area (Å²) in [4.78, 5) is 13.1. The number of piperidine rings is 1. The van der Waals surface area contributed by atoms with Gasteiger partial charge >= 0.3 is 0 Å². The molecule has 0 radical (unpaired) electrons. The van der Waals surface area contributed by atoms with Gasteiger partial charge in [-0.25, -0.2) is 0 Å². The molecule has 1 heterocycles. The number of ketones is 1. The molecule has 1 N–H and O–H groups in total. The Morgan fingerprint density at radius 3 is 2.85 bits per heavy atom. The van der Waals surface area contributed by atoms with Crippen molar-refractivity contribution in [2.45, 2.75) is 39.5 Å². The monoisotopic (exact) mass is 275 g/mol. The van der Waals surface area contributed by atoms with Crippen LogP contribution in [0.5, 0.6) is 5.75 Å². The average Bonchev–Trinajstić information content (AvgIpc) is 2.47.